The van der Waals surface area contributed by atoms with Gasteiger partial charge >= 0.3 is 0 Å². The molecule has 0 aliphatic rings. The Morgan fingerprint density at radius 2 is 1.94 bits per heavy atom. The van der Waals surface area contributed by atoms with Crippen LogP contribution in [0.15, 0.2) is 12.1 Å². The molecule has 0 spiro atoms. The van der Waals surface area contributed by atoms with Crippen LogP contribution in [0.4, 0.5) is 0 Å². The number of methoxy groups -OCH3 is 1. The smallest absolute Gasteiger partial charge is 0.168 e. The number of ketones is 1. The second-order valence-corrected chi connectivity index (χ2v) is 4.29. The van der Waals surface area contributed by atoms with Gasteiger partial charge in [0.05, 0.1) is 22.7 Å². The molecule has 2 nitrogen and oxygen atoms in total. The van der Waals surface area contributed by atoms with Gasteiger partial charge in [0, 0.05) is 25.3 Å². The Labute approximate surface area is 119 Å². The van der Waals surface area contributed by atoms with E-state index in [2.05, 4.69) is 9.24 Å². The van der Waals surface area contributed by atoms with Crippen molar-refractivity contribution in [1.29, 1.82) is 0 Å². The molecule has 0 aliphatic heterocycles. The van der Waals surface area contributed by atoms with Crippen LogP contribution >= 0.6 is 32.4 Å². The third kappa shape index (κ3) is 3.66. The van der Waals surface area contributed by atoms with Crippen LogP contribution in [0.1, 0.15) is 16.8 Å². The van der Waals surface area contributed by atoms with Gasteiger partial charge in [0.15, 0.2) is 5.78 Å². The first-order valence-corrected chi connectivity index (χ1v) is 5.94. The number of hydrogen-bond donors (Lipinski definition) is 0. The van der Waals surface area contributed by atoms with Crippen LogP contribution in [0.3, 0.4) is 0 Å². The molecule has 0 amide bonds. The first-order chi connectivity index (χ1) is 7.11. The summed E-state index contributed by atoms with van der Waals surface area (Å²) in [5.41, 5.74) is 0.370. The monoisotopic (exact) mass is 271 g/mol. The second-order valence-electron chi connectivity index (χ2n) is 2.90. The topological polar surface area (TPSA) is 26.3 Å². The van der Waals surface area contributed by atoms with Gasteiger partial charge in [-0.15, -0.1) is 9.24 Å². The number of hydrogen-bond acceptors (Lipinski definition) is 2. The fourth-order valence-electron chi connectivity index (χ4n) is 1.25. The molecule has 0 aliphatic carbocycles. The van der Waals surface area contributed by atoms with Crippen LogP contribution < -0.4 is 4.74 Å². The molecule has 0 saturated heterocycles. The van der Waals surface area contributed by atoms with E-state index >= 15 is 0 Å². The predicted octanol–water partition coefficient (Wildman–Crippen LogP) is 3.07. The number of carbonyl (C=O) groups excluding carboxylic acids is 1. The van der Waals surface area contributed by atoms with E-state index in [1.165, 1.54) is 7.11 Å². The van der Waals surface area contributed by atoms with Crippen molar-refractivity contribution in [2.24, 2.45) is 0 Å². The minimum absolute atomic E-state index is 0. The van der Waals surface area contributed by atoms with Gasteiger partial charge in [0.25, 0.3) is 0 Å². The summed E-state index contributed by atoms with van der Waals surface area (Å²) in [7, 11) is 3.96. The van der Waals surface area contributed by atoms with E-state index in [0.717, 1.165) is 0 Å². The Balaban J connectivity index is 0.00000225. The van der Waals surface area contributed by atoms with Gasteiger partial charge in [-0.3, -0.25) is 4.79 Å². The zero-order chi connectivity index (χ0) is 11.4. The molecule has 6 heteroatoms. The maximum absolute atomic E-state index is 11.8. The third-order valence-corrected chi connectivity index (χ3v) is 2.81. The van der Waals surface area contributed by atoms with Crippen molar-refractivity contribution in [2.75, 3.05) is 13.3 Å². The van der Waals surface area contributed by atoms with E-state index in [4.69, 9.17) is 27.9 Å². The van der Waals surface area contributed by atoms with Crippen LogP contribution in [0, 0.1) is 0 Å². The van der Waals surface area contributed by atoms with E-state index in [1.807, 2.05) is 0 Å². The summed E-state index contributed by atoms with van der Waals surface area (Å²) in [6.45, 7) is 0. The SMILES string of the molecule is COc1c(Cl)ccc(Cl)c1C(=O)CCP.[Li]. The van der Waals surface area contributed by atoms with Crippen molar-refractivity contribution < 1.29 is 9.53 Å². The second kappa shape index (κ2) is 7.59. The molecule has 1 radical (unpaired) electrons. The summed E-state index contributed by atoms with van der Waals surface area (Å²) >= 11 is 11.8. The van der Waals surface area contributed by atoms with Gasteiger partial charge in [-0.2, -0.15) is 0 Å². The Morgan fingerprint density at radius 3 is 2.44 bits per heavy atom. The van der Waals surface area contributed by atoms with Crippen LogP contribution in [-0.4, -0.2) is 37.9 Å². The standard InChI is InChI=1S/C10H11Cl2O2P.Li/c1-14-10-7(12)3-2-6(11)9(10)8(13)4-5-15;/h2-3H,4-5,15H2,1H3;. The van der Waals surface area contributed by atoms with E-state index in [-0.39, 0.29) is 24.6 Å². The Kier molecular flexibility index (Phi) is 7.73. The largest absolute Gasteiger partial charge is 0.494 e. The third-order valence-electron chi connectivity index (χ3n) is 1.91. The fourth-order valence-corrected chi connectivity index (χ4v) is 2.00. The number of carbonyl (C=O) groups is 1. The molecule has 0 heterocycles. The summed E-state index contributed by atoms with van der Waals surface area (Å²) in [6, 6.07) is 3.21. The molecule has 0 N–H and O–H groups in total. The van der Waals surface area contributed by atoms with Crippen molar-refractivity contribution >= 4 is 57.1 Å². The molecule has 1 atom stereocenters. The van der Waals surface area contributed by atoms with Gasteiger partial charge < -0.3 is 4.74 Å². The molecule has 1 aromatic carbocycles. The number of benzene rings is 1. The molecule has 1 unspecified atom stereocenters. The molecular formula is C10H11Cl2LiO2P. The molecule has 1 aromatic rings. The van der Waals surface area contributed by atoms with Crippen LogP contribution in [0.2, 0.25) is 10.0 Å². The Morgan fingerprint density at radius 1 is 1.38 bits per heavy atom. The minimum Gasteiger partial charge on any atom is -0.494 e. The average Bonchev–Trinajstić information content (AvgIpc) is 2.21. The van der Waals surface area contributed by atoms with Crippen molar-refractivity contribution in [3.63, 3.8) is 0 Å². The molecule has 16 heavy (non-hydrogen) atoms. The molecule has 83 valence electrons. The summed E-state index contributed by atoms with van der Waals surface area (Å²) < 4.78 is 5.08. The van der Waals surface area contributed by atoms with Crippen molar-refractivity contribution in [3.8, 4) is 5.75 Å². The number of ether oxygens (including phenoxy) is 1. The van der Waals surface area contributed by atoms with E-state index in [0.29, 0.717) is 33.9 Å². The molecule has 0 aromatic heterocycles. The first kappa shape index (κ1) is 16.3. The maximum atomic E-state index is 11.8. The van der Waals surface area contributed by atoms with E-state index < -0.39 is 0 Å². The normalized spacial score (nSPS) is 9.50. The molecule has 1 rings (SSSR count). The maximum Gasteiger partial charge on any atom is 0.168 e. The quantitative estimate of drug-likeness (QED) is 0.478. The molecule has 0 saturated carbocycles. The Bertz CT molecular complexity index is 385. The van der Waals surface area contributed by atoms with Crippen LogP contribution in [0.5, 0.6) is 5.75 Å². The summed E-state index contributed by atoms with van der Waals surface area (Å²) in [5.74, 6) is 0.293. The zero-order valence-electron chi connectivity index (χ0n) is 9.22. The first-order valence-electron chi connectivity index (χ1n) is 4.37. The minimum atomic E-state index is -0.0608. The zero-order valence-corrected chi connectivity index (χ0v) is 11.9. The molecular weight excluding hydrogens is 261 g/mol. The predicted molar refractivity (Wildman–Crippen MR) is 72.3 cm³/mol. The summed E-state index contributed by atoms with van der Waals surface area (Å²) in [5, 5.41) is 0.772. The average molecular weight is 272 g/mol. The van der Waals surface area contributed by atoms with Crippen molar-refractivity contribution in [3.05, 3.63) is 27.7 Å². The van der Waals surface area contributed by atoms with Crippen LogP contribution in [0.25, 0.3) is 0 Å². The summed E-state index contributed by atoms with van der Waals surface area (Å²) in [6.07, 6.45) is 1.09. The number of Topliss-reactive ketones (excluding diaryl/α,β-unsaturated/α-hetero) is 1. The number of halogens is 2. The summed E-state index contributed by atoms with van der Waals surface area (Å²) in [4.78, 5) is 11.8. The Hall–Kier alpha value is 0.297. The van der Waals surface area contributed by atoms with Crippen LogP contribution in [-0.2, 0) is 0 Å². The van der Waals surface area contributed by atoms with Crippen molar-refractivity contribution in [1.82, 2.24) is 0 Å². The van der Waals surface area contributed by atoms with Crippen molar-refractivity contribution in [2.45, 2.75) is 6.42 Å². The fraction of sp³-hybridized carbons (Fsp3) is 0.300. The van der Waals surface area contributed by atoms with Gasteiger partial charge in [0.2, 0.25) is 0 Å². The molecule has 0 fully saturated rings. The van der Waals surface area contributed by atoms with E-state index in [1.54, 1.807) is 12.1 Å². The van der Waals surface area contributed by atoms with Gasteiger partial charge in [0.1, 0.15) is 5.75 Å². The molecule has 0 bridgehead atoms. The van der Waals surface area contributed by atoms with Gasteiger partial charge in [-0.25, -0.2) is 0 Å². The van der Waals surface area contributed by atoms with Gasteiger partial charge in [-0.05, 0) is 18.3 Å². The van der Waals surface area contributed by atoms with E-state index in [9.17, 15) is 4.79 Å². The number of rotatable bonds is 4. The van der Waals surface area contributed by atoms with Gasteiger partial charge in [-0.1, -0.05) is 23.2 Å².